The maximum Gasteiger partial charge on any atom is 0.327 e. The summed E-state index contributed by atoms with van der Waals surface area (Å²) in [5.74, 6) is 0.918. The van der Waals surface area contributed by atoms with Crippen LogP contribution in [-0.4, -0.2) is 34.5 Å². The van der Waals surface area contributed by atoms with Crippen molar-refractivity contribution < 1.29 is 4.58 Å². The molecule has 0 aliphatic carbocycles. The number of hydrogen-bond donors (Lipinski definition) is 0. The molecule has 0 bridgehead atoms. The van der Waals surface area contributed by atoms with Gasteiger partial charge in [0.05, 0.1) is 11.8 Å². The quantitative estimate of drug-likeness (QED) is 0.692. The molecule has 1 aromatic heterocycles. The molecule has 2 heterocycles. The van der Waals surface area contributed by atoms with Crippen molar-refractivity contribution in [2.45, 2.75) is 0 Å². The second-order valence-electron chi connectivity index (χ2n) is 4.06. The molecule has 0 fully saturated rings. The van der Waals surface area contributed by atoms with Crippen molar-refractivity contribution in [3.63, 3.8) is 0 Å². The van der Waals surface area contributed by atoms with Crippen molar-refractivity contribution >= 4 is 17.7 Å². The summed E-state index contributed by atoms with van der Waals surface area (Å²) in [6.45, 7) is 0.800. The lowest BCUT2D eigenvalue weighted by Crippen LogP contribution is -2.32. The van der Waals surface area contributed by atoms with Crippen LogP contribution in [-0.2, 0) is 0 Å². The van der Waals surface area contributed by atoms with Gasteiger partial charge in [0.25, 0.3) is 0 Å². The van der Waals surface area contributed by atoms with Crippen LogP contribution in [0.2, 0.25) is 0 Å². The van der Waals surface area contributed by atoms with Crippen molar-refractivity contribution in [3.05, 3.63) is 48.4 Å². The van der Waals surface area contributed by atoms with Gasteiger partial charge >= 0.3 is 5.82 Å². The van der Waals surface area contributed by atoms with Gasteiger partial charge in [-0.05, 0) is 17.1 Å². The number of para-hydroxylation sites is 1. The van der Waals surface area contributed by atoms with Crippen LogP contribution in [0.3, 0.4) is 0 Å². The minimum Gasteiger partial charge on any atom is -0.338 e. The molecule has 0 radical (unpaired) electrons. The highest BCUT2D eigenvalue weighted by Crippen LogP contribution is 2.22. The smallest absolute Gasteiger partial charge is 0.327 e. The number of benzene rings is 1. The van der Waals surface area contributed by atoms with E-state index in [4.69, 9.17) is 0 Å². The van der Waals surface area contributed by atoms with Gasteiger partial charge in [-0.15, -0.1) is 0 Å². The van der Waals surface area contributed by atoms with Gasteiger partial charge in [-0.25, -0.2) is 9.56 Å². The van der Waals surface area contributed by atoms with Gasteiger partial charge in [0.15, 0.2) is 6.67 Å². The highest BCUT2D eigenvalue weighted by molar-refractivity contribution is 5.86. The SMILES string of the molecule is CN1C[N+](c2ccncn2)=Cc2ccccc21. The van der Waals surface area contributed by atoms with E-state index in [-0.39, 0.29) is 0 Å². The zero-order valence-corrected chi connectivity index (χ0v) is 9.61. The van der Waals surface area contributed by atoms with Crippen molar-refractivity contribution in [3.8, 4) is 0 Å². The normalized spacial score (nSPS) is 14.2. The highest BCUT2D eigenvalue weighted by atomic mass is 15.3. The Morgan fingerprint density at radius 3 is 2.94 bits per heavy atom. The summed E-state index contributed by atoms with van der Waals surface area (Å²) in [5, 5.41) is 0. The maximum absolute atomic E-state index is 4.27. The van der Waals surface area contributed by atoms with E-state index < -0.39 is 0 Å². The van der Waals surface area contributed by atoms with Crippen LogP contribution in [0.1, 0.15) is 5.56 Å². The van der Waals surface area contributed by atoms with Gasteiger partial charge in [0, 0.05) is 18.8 Å². The molecule has 4 heteroatoms. The van der Waals surface area contributed by atoms with Crippen LogP contribution in [0.5, 0.6) is 0 Å². The lowest BCUT2D eigenvalue weighted by molar-refractivity contribution is -0.439. The summed E-state index contributed by atoms with van der Waals surface area (Å²) >= 11 is 0. The van der Waals surface area contributed by atoms with Gasteiger partial charge in [-0.1, -0.05) is 12.1 Å². The molecule has 0 saturated heterocycles. The van der Waals surface area contributed by atoms with Gasteiger partial charge in [0.2, 0.25) is 6.33 Å². The number of fused-ring (bicyclic) bond motifs is 1. The summed E-state index contributed by atoms with van der Waals surface area (Å²) in [5.41, 5.74) is 2.46. The lowest BCUT2D eigenvalue weighted by atomic mass is 10.1. The summed E-state index contributed by atoms with van der Waals surface area (Å²) in [6.07, 6.45) is 5.46. The molecule has 1 aliphatic heterocycles. The molecule has 0 atom stereocenters. The van der Waals surface area contributed by atoms with E-state index in [0.29, 0.717) is 0 Å². The third-order valence-electron chi connectivity index (χ3n) is 2.87. The molecule has 1 aliphatic rings. The Morgan fingerprint density at radius 2 is 2.12 bits per heavy atom. The summed E-state index contributed by atoms with van der Waals surface area (Å²) in [7, 11) is 2.08. The average Bonchev–Trinajstić information content (AvgIpc) is 2.40. The monoisotopic (exact) mass is 225 g/mol. The molecule has 3 rings (SSSR count). The molecule has 4 nitrogen and oxygen atoms in total. The molecule has 0 spiro atoms. The molecule has 84 valence electrons. The molecular weight excluding hydrogens is 212 g/mol. The maximum atomic E-state index is 4.27. The van der Waals surface area contributed by atoms with E-state index in [1.807, 2.05) is 12.1 Å². The summed E-state index contributed by atoms with van der Waals surface area (Å²) in [6, 6.07) is 10.3. The van der Waals surface area contributed by atoms with Crippen LogP contribution in [0.15, 0.2) is 42.9 Å². The largest absolute Gasteiger partial charge is 0.338 e. The molecule has 17 heavy (non-hydrogen) atoms. The predicted octanol–water partition coefficient (Wildman–Crippen LogP) is 1.65. The van der Waals surface area contributed by atoms with Crippen LogP contribution in [0, 0.1) is 0 Å². The Hall–Kier alpha value is -2.23. The van der Waals surface area contributed by atoms with Gasteiger partial charge < -0.3 is 4.90 Å². The second kappa shape index (κ2) is 3.97. The first-order valence-electron chi connectivity index (χ1n) is 5.52. The second-order valence-corrected chi connectivity index (χ2v) is 4.06. The molecule has 0 amide bonds. The van der Waals surface area contributed by atoms with E-state index in [9.17, 15) is 0 Å². The number of aromatic nitrogens is 2. The number of anilines is 1. The number of nitrogens with zero attached hydrogens (tertiary/aromatic N) is 4. The third kappa shape index (κ3) is 1.78. The Balaban J connectivity index is 2.08. The van der Waals surface area contributed by atoms with Crippen molar-refractivity contribution in [1.29, 1.82) is 0 Å². The Bertz CT molecular complexity index is 563. The Labute approximate surface area is 99.9 Å². The van der Waals surface area contributed by atoms with Gasteiger partial charge in [-0.3, -0.25) is 0 Å². The van der Waals surface area contributed by atoms with Gasteiger partial charge in [0.1, 0.15) is 6.21 Å². The molecule has 0 saturated carbocycles. The molecule has 2 aromatic rings. The first-order chi connectivity index (χ1) is 8.34. The molecule has 1 aromatic carbocycles. The lowest BCUT2D eigenvalue weighted by Gasteiger charge is -2.24. The van der Waals surface area contributed by atoms with Crippen LogP contribution in [0.4, 0.5) is 11.5 Å². The number of rotatable bonds is 1. The summed E-state index contributed by atoms with van der Waals surface area (Å²) < 4.78 is 2.12. The molecular formula is C13H13N4+. The topological polar surface area (TPSA) is 32.0 Å². The number of hydrogen-bond acceptors (Lipinski definition) is 3. The average molecular weight is 225 g/mol. The van der Waals surface area contributed by atoms with Crippen LogP contribution < -0.4 is 4.90 Å². The zero-order valence-electron chi connectivity index (χ0n) is 9.61. The van der Waals surface area contributed by atoms with Crippen molar-refractivity contribution in [2.24, 2.45) is 0 Å². The summed E-state index contributed by atoms with van der Waals surface area (Å²) in [4.78, 5) is 10.4. The van der Waals surface area contributed by atoms with Crippen LogP contribution in [0.25, 0.3) is 0 Å². The molecule has 0 N–H and O–H groups in total. The van der Waals surface area contributed by atoms with E-state index >= 15 is 0 Å². The van der Waals surface area contributed by atoms with E-state index in [1.54, 1.807) is 12.5 Å². The fraction of sp³-hybridized carbons (Fsp3) is 0.154. The minimum absolute atomic E-state index is 0.800. The highest BCUT2D eigenvalue weighted by Gasteiger charge is 2.19. The predicted molar refractivity (Wildman–Crippen MR) is 66.8 cm³/mol. The van der Waals surface area contributed by atoms with E-state index in [1.165, 1.54) is 11.3 Å². The Kier molecular flexibility index (Phi) is 2.33. The first-order valence-corrected chi connectivity index (χ1v) is 5.52. The van der Waals surface area contributed by atoms with Crippen LogP contribution >= 0.6 is 0 Å². The first kappa shape index (κ1) is 9.96. The fourth-order valence-corrected chi connectivity index (χ4v) is 2.05. The Morgan fingerprint density at radius 1 is 1.24 bits per heavy atom. The standard InChI is InChI=1S/C13H13N4/c1-16-10-17(13-6-7-14-9-15-13)8-11-4-2-3-5-12(11)16/h2-9H,10H2,1H3/q+1. The van der Waals surface area contributed by atoms with Crippen molar-refractivity contribution in [1.82, 2.24) is 9.97 Å². The fourth-order valence-electron chi connectivity index (χ4n) is 2.05. The van der Waals surface area contributed by atoms with E-state index in [2.05, 4.69) is 50.9 Å². The van der Waals surface area contributed by atoms with E-state index in [0.717, 1.165) is 12.5 Å². The van der Waals surface area contributed by atoms with Crippen molar-refractivity contribution in [2.75, 3.05) is 18.6 Å². The zero-order chi connectivity index (χ0) is 11.7. The minimum atomic E-state index is 0.800. The third-order valence-corrected chi connectivity index (χ3v) is 2.87. The molecule has 0 unspecified atom stereocenters. The van der Waals surface area contributed by atoms with Gasteiger partial charge in [-0.2, -0.15) is 0 Å².